The highest BCUT2D eigenvalue weighted by molar-refractivity contribution is 5.85. The fourth-order valence-corrected chi connectivity index (χ4v) is 4.16. The molecule has 1 N–H and O–H groups in total. The van der Waals surface area contributed by atoms with Gasteiger partial charge in [-0.15, -0.1) is 0 Å². The lowest BCUT2D eigenvalue weighted by molar-refractivity contribution is 0.524. The molecular weight excluding hydrogens is 230 g/mol. The summed E-state index contributed by atoms with van der Waals surface area (Å²) in [4.78, 5) is 3.32. The minimum absolute atomic E-state index is 0.617. The Morgan fingerprint density at radius 2 is 1.26 bits per heavy atom. The third kappa shape index (κ3) is 1.16. The number of H-pyrrole nitrogens is 1. The number of hydrogen-bond acceptors (Lipinski definition) is 0. The van der Waals surface area contributed by atoms with Gasteiger partial charge < -0.3 is 4.98 Å². The van der Waals surface area contributed by atoms with Gasteiger partial charge in [-0.3, -0.25) is 0 Å². The highest BCUT2D eigenvalue weighted by Crippen LogP contribution is 2.53. The maximum Gasteiger partial charge on any atom is 0.0111 e. The summed E-state index contributed by atoms with van der Waals surface area (Å²) in [7, 11) is 0. The van der Waals surface area contributed by atoms with E-state index in [-0.39, 0.29) is 0 Å². The van der Waals surface area contributed by atoms with Crippen LogP contribution in [0.1, 0.15) is 46.9 Å². The van der Waals surface area contributed by atoms with Gasteiger partial charge in [0.25, 0.3) is 0 Å². The zero-order valence-electron chi connectivity index (χ0n) is 10.7. The van der Waals surface area contributed by atoms with E-state index in [4.69, 9.17) is 0 Å². The van der Waals surface area contributed by atoms with Crippen LogP contribution in [0.15, 0.2) is 48.8 Å². The van der Waals surface area contributed by atoms with E-state index in [2.05, 4.69) is 53.8 Å². The van der Waals surface area contributed by atoms with Gasteiger partial charge >= 0.3 is 0 Å². The third-order valence-corrected chi connectivity index (χ3v) is 5.01. The zero-order valence-corrected chi connectivity index (χ0v) is 10.7. The molecule has 0 fully saturated rings. The lowest BCUT2D eigenvalue weighted by Gasteiger charge is -2.38. The van der Waals surface area contributed by atoms with E-state index in [1.54, 1.807) is 22.3 Å². The Labute approximate surface area is 112 Å². The van der Waals surface area contributed by atoms with Gasteiger partial charge in [0.05, 0.1) is 0 Å². The van der Waals surface area contributed by atoms with Crippen LogP contribution in [-0.4, -0.2) is 4.98 Å². The molecule has 3 aliphatic carbocycles. The summed E-state index contributed by atoms with van der Waals surface area (Å²) in [6.45, 7) is 0. The van der Waals surface area contributed by atoms with E-state index in [1.165, 1.54) is 23.6 Å². The van der Waals surface area contributed by atoms with Crippen molar-refractivity contribution in [3.8, 4) is 0 Å². The second-order valence-corrected chi connectivity index (χ2v) is 5.88. The number of aromatic amines is 1. The molecule has 19 heavy (non-hydrogen) atoms. The molecule has 0 radical (unpaired) electrons. The minimum Gasteiger partial charge on any atom is -0.367 e. The van der Waals surface area contributed by atoms with Gasteiger partial charge in [0.2, 0.25) is 0 Å². The Kier molecular flexibility index (Phi) is 1.71. The predicted molar refractivity (Wildman–Crippen MR) is 77.7 cm³/mol. The molecule has 2 bridgehead atoms. The molecule has 1 aromatic heterocycles. The summed E-state index contributed by atoms with van der Waals surface area (Å²) in [6, 6.07) is 13.6. The molecule has 2 aromatic carbocycles. The second-order valence-electron chi connectivity index (χ2n) is 5.88. The first-order chi connectivity index (χ1) is 9.42. The van der Waals surface area contributed by atoms with Crippen molar-refractivity contribution < 1.29 is 0 Å². The first-order valence-corrected chi connectivity index (χ1v) is 7.11. The van der Waals surface area contributed by atoms with Gasteiger partial charge in [-0.2, -0.15) is 0 Å². The molecule has 1 heteroatoms. The molecule has 3 aromatic rings. The highest BCUT2D eigenvalue weighted by atomic mass is 14.7. The van der Waals surface area contributed by atoms with Gasteiger partial charge in [0.1, 0.15) is 0 Å². The Hall–Kier alpha value is -2.02. The summed E-state index contributed by atoms with van der Waals surface area (Å²) in [5.41, 5.74) is 6.22. The van der Waals surface area contributed by atoms with Crippen LogP contribution in [0.3, 0.4) is 0 Å². The smallest absolute Gasteiger partial charge is 0.0111 e. The molecule has 2 atom stereocenters. The molecule has 2 unspecified atom stereocenters. The minimum atomic E-state index is 0.617. The van der Waals surface area contributed by atoms with Crippen LogP contribution in [0.2, 0.25) is 0 Å². The van der Waals surface area contributed by atoms with Crippen LogP contribution >= 0.6 is 0 Å². The number of fused-ring (bicyclic) bond motifs is 2. The van der Waals surface area contributed by atoms with Crippen LogP contribution in [0.4, 0.5) is 0 Å². The first-order valence-electron chi connectivity index (χ1n) is 7.11. The molecular formula is C18H15N. The second kappa shape index (κ2) is 3.30. The predicted octanol–water partition coefficient (Wildman–Crippen LogP) is 4.54. The van der Waals surface area contributed by atoms with Crippen molar-refractivity contribution in [2.24, 2.45) is 0 Å². The van der Waals surface area contributed by atoms with Crippen LogP contribution in [0.5, 0.6) is 0 Å². The molecule has 0 saturated carbocycles. The molecule has 0 saturated heterocycles. The lowest BCUT2D eigenvalue weighted by atomic mass is 9.65. The SMILES string of the molecule is c1ccc2cc3c(cc2c1)C1CCC3c2c[nH]cc21. The molecule has 0 amide bonds. The third-order valence-electron chi connectivity index (χ3n) is 5.01. The van der Waals surface area contributed by atoms with Gasteiger partial charge in [-0.05, 0) is 45.9 Å². The normalized spacial score (nSPS) is 23.4. The number of benzene rings is 2. The van der Waals surface area contributed by atoms with Crippen molar-refractivity contribution in [3.05, 3.63) is 71.0 Å². The molecule has 0 aliphatic heterocycles. The maximum atomic E-state index is 3.32. The van der Waals surface area contributed by atoms with Crippen molar-refractivity contribution in [2.45, 2.75) is 24.7 Å². The van der Waals surface area contributed by atoms with Gasteiger partial charge in [0.15, 0.2) is 0 Å². The van der Waals surface area contributed by atoms with Crippen molar-refractivity contribution in [1.82, 2.24) is 4.98 Å². The summed E-state index contributed by atoms with van der Waals surface area (Å²) in [6.07, 6.45) is 7.04. The van der Waals surface area contributed by atoms with Crippen molar-refractivity contribution in [1.29, 1.82) is 0 Å². The highest BCUT2D eigenvalue weighted by Gasteiger charge is 2.37. The quantitative estimate of drug-likeness (QED) is 0.598. The van der Waals surface area contributed by atoms with E-state index in [9.17, 15) is 0 Å². The number of aromatic nitrogens is 1. The topological polar surface area (TPSA) is 15.8 Å². The van der Waals surface area contributed by atoms with Gasteiger partial charge in [0, 0.05) is 24.2 Å². The average Bonchev–Trinajstić information content (AvgIpc) is 2.96. The molecule has 6 rings (SSSR count). The average molecular weight is 245 g/mol. The van der Waals surface area contributed by atoms with E-state index in [1.807, 2.05) is 0 Å². The van der Waals surface area contributed by atoms with Crippen LogP contribution in [0.25, 0.3) is 10.8 Å². The van der Waals surface area contributed by atoms with E-state index in [0.29, 0.717) is 11.8 Å². The standard InChI is InChI=1S/C18H15N/c1-2-4-12-8-16-14-6-5-13(15(16)7-11(12)3-1)17-9-19-10-18(14)17/h1-4,7-10,13-14,19H,5-6H2. The zero-order chi connectivity index (χ0) is 12.4. The van der Waals surface area contributed by atoms with Crippen molar-refractivity contribution in [3.63, 3.8) is 0 Å². The van der Waals surface area contributed by atoms with Crippen molar-refractivity contribution in [2.75, 3.05) is 0 Å². The van der Waals surface area contributed by atoms with Crippen LogP contribution in [-0.2, 0) is 0 Å². The van der Waals surface area contributed by atoms with E-state index in [0.717, 1.165) is 0 Å². The summed E-state index contributed by atoms with van der Waals surface area (Å²) < 4.78 is 0. The maximum absolute atomic E-state index is 3.32. The fourth-order valence-electron chi connectivity index (χ4n) is 4.16. The number of nitrogens with one attached hydrogen (secondary N) is 1. The number of hydrogen-bond donors (Lipinski definition) is 1. The fraction of sp³-hybridized carbons (Fsp3) is 0.222. The molecule has 1 nitrogen and oxygen atoms in total. The Bertz CT molecular complexity index is 731. The first kappa shape index (κ1) is 9.85. The molecule has 0 spiro atoms. The summed E-state index contributed by atoms with van der Waals surface area (Å²) >= 11 is 0. The van der Waals surface area contributed by atoms with Gasteiger partial charge in [-0.1, -0.05) is 36.4 Å². The lowest BCUT2D eigenvalue weighted by Crippen LogP contribution is -2.23. The molecule has 1 heterocycles. The molecule has 3 aliphatic rings. The van der Waals surface area contributed by atoms with E-state index < -0.39 is 0 Å². The Morgan fingerprint density at radius 3 is 1.79 bits per heavy atom. The summed E-state index contributed by atoms with van der Waals surface area (Å²) in [5, 5.41) is 2.76. The van der Waals surface area contributed by atoms with Crippen molar-refractivity contribution >= 4 is 10.8 Å². The van der Waals surface area contributed by atoms with E-state index >= 15 is 0 Å². The monoisotopic (exact) mass is 245 g/mol. The Balaban J connectivity index is 1.86. The van der Waals surface area contributed by atoms with Crippen LogP contribution in [0, 0.1) is 0 Å². The Morgan fingerprint density at radius 1 is 0.737 bits per heavy atom. The number of rotatable bonds is 0. The largest absolute Gasteiger partial charge is 0.367 e. The van der Waals surface area contributed by atoms with Gasteiger partial charge in [-0.25, -0.2) is 0 Å². The molecule has 92 valence electrons. The summed E-state index contributed by atoms with van der Waals surface area (Å²) in [5.74, 6) is 1.23. The van der Waals surface area contributed by atoms with Crippen LogP contribution < -0.4 is 0 Å².